The van der Waals surface area contributed by atoms with E-state index < -0.39 is 24.0 Å². The van der Waals surface area contributed by atoms with E-state index in [2.05, 4.69) is 9.72 Å². The molecule has 0 radical (unpaired) electrons. The number of ether oxygens (including phenoxy) is 1. The van der Waals surface area contributed by atoms with Crippen LogP contribution in [0.4, 0.5) is 26.3 Å². The van der Waals surface area contributed by atoms with E-state index in [0.29, 0.717) is 6.20 Å². The zero-order valence-electron chi connectivity index (χ0n) is 13.9. The van der Waals surface area contributed by atoms with Crippen LogP contribution in [-0.2, 0) is 12.7 Å². The summed E-state index contributed by atoms with van der Waals surface area (Å²) in [5.74, 6) is -0.815. The van der Waals surface area contributed by atoms with Crippen LogP contribution in [0.1, 0.15) is 11.3 Å². The standard InChI is InChI=1S/C18H12F6N2O2/c19-17(20,21)15-9-25-16(26(15)10-12-3-1-2-4-14(12)27)11-5-7-13(8-6-11)28-18(22,23)24/h1-9,27H,10H2. The number of hydrogen-bond acceptors (Lipinski definition) is 3. The number of alkyl halides is 6. The largest absolute Gasteiger partial charge is 0.573 e. The second-order valence-electron chi connectivity index (χ2n) is 5.75. The van der Waals surface area contributed by atoms with E-state index >= 15 is 0 Å². The van der Waals surface area contributed by atoms with Crippen LogP contribution >= 0.6 is 0 Å². The zero-order valence-corrected chi connectivity index (χ0v) is 13.9. The minimum atomic E-state index is -4.88. The fourth-order valence-corrected chi connectivity index (χ4v) is 2.61. The first-order chi connectivity index (χ1) is 13.0. The van der Waals surface area contributed by atoms with Gasteiger partial charge in [-0.1, -0.05) is 18.2 Å². The van der Waals surface area contributed by atoms with Gasteiger partial charge in [0.25, 0.3) is 0 Å². The molecule has 148 valence electrons. The molecule has 1 heterocycles. The molecule has 0 unspecified atom stereocenters. The maximum atomic E-state index is 13.4. The van der Waals surface area contributed by atoms with Crippen molar-refractivity contribution in [3.63, 3.8) is 0 Å². The molecule has 0 aliphatic carbocycles. The van der Waals surface area contributed by atoms with Crippen molar-refractivity contribution in [2.45, 2.75) is 19.1 Å². The van der Waals surface area contributed by atoms with Gasteiger partial charge in [0.2, 0.25) is 0 Å². The van der Waals surface area contributed by atoms with Gasteiger partial charge >= 0.3 is 12.5 Å². The zero-order chi connectivity index (χ0) is 20.5. The minimum Gasteiger partial charge on any atom is -0.508 e. The Morgan fingerprint density at radius 1 is 0.929 bits per heavy atom. The molecule has 0 saturated carbocycles. The van der Waals surface area contributed by atoms with Crippen LogP contribution in [0.15, 0.2) is 54.7 Å². The number of nitrogens with zero attached hydrogens (tertiary/aromatic N) is 2. The Bertz CT molecular complexity index is 961. The highest BCUT2D eigenvalue weighted by Gasteiger charge is 2.36. The van der Waals surface area contributed by atoms with E-state index in [1.165, 1.54) is 30.3 Å². The van der Waals surface area contributed by atoms with Gasteiger partial charge in [0, 0.05) is 11.1 Å². The Kier molecular flexibility index (Phi) is 4.97. The number of imidazole rings is 1. The SMILES string of the molecule is Oc1ccccc1Cn1c(C(F)(F)F)cnc1-c1ccc(OC(F)(F)F)cc1. The second kappa shape index (κ2) is 7.10. The van der Waals surface area contributed by atoms with Crippen LogP contribution in [0.25, 0.3) is 11.4 Å². The summed E-state index contributed by atoms with van der Waals surface area (Å²) in [5, 5.41) is 9.87. The van der Waals surface area contributed by atoms with E-state index in [1.54, 1.807) is 6.07 Å². The molecule has 4 nitrogen and oxygen atoms in total. The van der Waals surface area contributed by atoms with Gasteiger partial charge in [0.1, 0.15) is 23.0 Å². The summed E-state index contributed by atoms with van der Waals surface area (Å²) in [5.41, 5.74) is -0.675. The van der Waals surface area contributed by atoms with Crippen molar-refractivity contribution in [2.75, 3.05) is 0 Å². The molecule has 0 saturated heterocycles. The minimum absolute atomic E-state index is 0.117. The van der Waals surface area contributed by atoms with Gasteiger partial charge in [-0.05, 0) is 30.3 Å². The van der Waals surface area contributed by atoms with Crippen molar-refractivity contribution in [3.05, 3.63) is 66.0 Å². The molecule has 3 aromatic rings. The molecular formula is C18H12F6N2O2. The second-order valence-corrected chi connectivity index (χ2v) is 5.75. The van der Waals surface area contributed by atoms with Gasteiger partial charge in [-0.25, -0.2) is 4.98 Å². The Balaban J connectivity index is 2.02. The molecule has 0 aliphatic heterocycles. The number of benzene rings is 2. The lowest BCUT2D eigenvalue weighted by Gasteiger charge is -2.15. The number of aromatic nitrogens is 2. The lowest BCUT2D eigenvalue weighted by Crippen LogP contribution is -2.17. The lowest BCUT2D eigenvalue weighted by molar-refractivity contribution is -0.274. The smallest absolute Gasteiger partial charge is 0.508 e. The number of phenolic OH excluding ortho intramolecular Hbond substituents is 1. The summed E-state index contributed by atoms with van der Waals surface area (Å²) >= 11 is 0. The van der Waals surface area contributed by atoms with Crippen molar-refractivity contribution in [2.24, 2.45) is 0 Å². The monoisotopic (exact) mass is 402 g/mol. The maximum absolute atomic E-state index is 13.4. The normalized spacial score (nSPS) is 12.2. The number of rotatable bonds is 4. The highest BCUT2D eigenvalue weighted by molar-refractivity contribution is 5.58. The van der Waals surface area contributed by atoms with Crippen LogP contribution in [0.5, 0.6) is 11.5 Å². The highest BCUT2D eigenvalue weighted by Crippen LogP contribution is 2.34. The molecule has 0 bridgehead atoms. The molecule has 28 heavy (non-hydrogen) atoms. The molecule has 3 rings (SSSR count). The molecule has 1 N–H and O–H groups in total. The van der Waals surface area contributed by atoms with Gasteiger partial charge in [-0.2, -0.15) is 13.2 Å². The summed E-state index contributed by atoms with van der Waals surface area (Å²) in [6.07, 6.45) is -8.96. The van der Waals surface area contributed by atoms with Crippen LogP contribution < -0.4 is 4.74 Å². The van der Waals surface area contributed by atoms with E-state index in [4.69, 9.17) is 0 Å². The Morgan fingerprint density at radius 2 is 1.57 bits per heavy atom. The Hall–Kier alpha value is -3.17. The number of aromatic hydroxyl groups is 1. The van der Waals surface area contributed by atoms with Crippen molar-refractivity contribution in [1.82, 2.24) is 9.55 Å². The molecule has 0 atom stereocenters. The summed E-state index contributed by atoms with van der Waals surface area (Å²) in [4.78, 5) is 3.78. The Morgan fingerprint density at radius 3 is 2.14 bits per heavy atom. The van der Waals surface area contributed by atoms with Gasteiger partial charge < -0.3 is 14.4 Å². The third kappa shape index (κ3) is 4.38. The summed E-state index contributed by atoms with van der Waals surface area (Å²) in [6, 6.07) is 10.2. The third-order valence-corrected chi connectivity index (χ3v) is 3.81. The number of phenols is 1. The predicted octanol–water partition coefficient (Wildman–Crippen LogP) is 5.22. The first kappa shape index (κ1) is 19.6. The topological polar surface area (TPSA) is 47.3 Å². The molecule has 10 heteroatoms. The number of para-hydroxylation sites is 1. The average molecular weight is 402 g/mol. The van der Waals surface area contributed by atoms with Crippen LogP contribution in [-0.4, -0.2) is 21.0 Å². The van der Waals surface area contributed by atoms with Crippen molar-refractivity contribution in [3.8, 4) is 22.9 Å². The molecule has 0 aliphatic rings. The van der Waals surface area contributed by atoms with Crippen LogP contribution in [0.2, 0.25) is 0 Å². The highest BCUT2D eigenvalue weighted by atomic mass is 19.4. The fourth-order valence-electron chi connectivity index (χ4n) is 2.61. The van der Waals surface area contributed by atoms with E-state index in [1.807, 2.05) is 0 Å². The summed E-state index contributed by atoms with van der Waals surface area (Å²) in [7, 11) is 0. The van der Waals surface area contributed by atoms with Gasteiger partial charge in [0.05, 0.1) is 12.7 Å². The van der Waals surface area contributed by atoms with Gasteiger partial charge in [0.15, 0.2) is 0 Å². The van der Waals surface area contributed by atoms with Crippen LogP contribution in [0.3, 0.4) is 0 Å². The van der Waals surface area contributed by atoms with Gasteiger partial charge in [-0.3, -0.25) is 0 Å². The van der Waals surface area contributed by atoms with Crippen molar-refractivity contribution >= 4 is 0 Å². The predicted molar refractivity (Wildman–Crippen MR) is 86.6 cm³/mol. The number of hydrogen-bond donors (Lipinski definition) is 1. The van der Waals surface area contributed by atoms with Gasteiger partial charge in [-0.15, -0.1) is 13.2 Å². The fraction of sp³-hybridized carbons (Fsp3) is 0.167. The average Bonchev–Trinajstić information content (AvgIpc) is 3.00. The molecule has 2 aromatic carbocycles. The van der Waals surface area contributed by atoms with Crippen molar-refractivity contribution in [1.29, 1.82) is 0 Å². The molecular weight excluding hydrogens is 390 g/mol. The summed E-state index contributed by atoms with van der Waals surface area (Å²) < 4.78 is 81.5. The molecule has 0 amide bonds. The van der Waals surface area contributed by atoms with Crippen molar-refractivity contribution < 1.29 is 36.2 Å². The van der Waals surface area contributed by atoms with E-state index in [9.17, 15) is 31.4 Å². The third-order valence-electron chi connectivity index (χ3n) is 3.81. The molecule has 0 spiro atoms. The first-order valence-corrected chi connectivity index (χ1v) is 7.80. The maximum Gasteiger partial charge on any atom is 0.573 e. The molecule has 0 fully saturated rings. The Labute approximate surface area is 154 Å². The van der Waals surface area contributed by atoms with Crippen LogP contribution in [0, 0.1) is 0 Å². The first-order valence-electron chi connectivity index (χ1n) is 7.80. The molecule has 1 aromatic heterocycles. The quantitative estimate of drug-likeness (QED) is 0.609. The van der Waals surface area contributed by atoms with E-state index in [0.717, 1.165) is 16.7 Å². The number of halogens is 6. The lowest BCUT2D eigenvalue weighted by atomic mass is 10.1. The summed E-state index contributed by atoms with van der Waals surface area (Å²) in [6.45, 7) is -0.336. The van der Waals surface area contributed by atoms with E-state index in [-0.39, 0.29) is 29.2 Å².